The van der Waals surface area contributed by atoms with Crippen LogP contribution in [0.2, 0.25) is 0 Å². The van der Waals surface area contributed by atoms with E-state index in [2.05, 4.69) is 10.3 Å². The van der Waals surface area contributed by atoms with Crippen molar-refractivity contribution in [3.05, 3.63) is 53.7 Å². The number of hydrogen-bond donors (Lipinski definition) is 2. The molecule has 0 aliphatic carbocycles. The van der Waals surface area contributed by atoms with E-state index in [-0.39, 0.29) is 5.91 Å². The summed E-state index contributed by atoms with van der Waals surface area (Å²) in [5, 5.41) is 3.10. The van der Waals surface area contributed by atoms with Gasteiger partial charge >= 0.3 is 0 Å². The monoisotopic (exact) mass is 338 g/mol. The van der Waals surface area contributed by atoms with Gasteiger partial charge in [0.15, 0.2) is 0 Å². The average Bonchev–Trinajstić information content (AvgIpc) is 3.03. The first kappa shape index (κ1) is 17.0. The summed E-state index contributed by atoms with van der Waals surface area (Å²) in [5.41, 5.74) is 7.27. The van der Waals surface area contributed by atoms with Gasteiger partial charge in [-0.1, -0.05) is 18.2 Å². The molecule has 1 aliphatic rings. The summed E-state index contributed by atoms with van der Waals surface area (Å²) in [4.78, 5) is 30.6. The van der Waals surface area contributed by atoms with Crippen molar-refractivity contribution in [2.24, 2.45) is 11.1 Å². The lowest BCUT2D eigenvalue weighted by Gasteiger charge is -2.23. The van der Waals surface area contributed by atoms with Crippen molar-refractivity contribution in [2.45, 2.75) is 20.3 Å². The van der Waals surface area contributed by atoms with E-state index in [1.165, 1.54) is 5.56 Å². The van der Waals surface area contributed by atoms with Gasteiger partial charge in [-0.25, -0.2) is 4.98 Å². The average molecular weight is 338 g/mol. The minimum Gasteiger partial charge on any atom is -0.369 e. The van der Waals surface area contributed by atoms with Crippen LogP contribution in [0.1, 0.15) is 29.8 Å². The van der Waals surface area contributed by atoms with Gasteiger partial charge in [-0.3, -0.25) is 9.59 Å². The molecule has 1 aliphatic heterocycles. The van der Waals surface area contributed by atoms with E-state index >= 15 is 0 Å². The number of anilines is 2. The number of carbonyl (C=O) groups is 2. The normalized spacial score (nSPS) is 13.4. The molecule has 0 spiro atoms. The highest BCUT2D eigenvalue weighted by molar-refractivity contribution is 6.10. The van der Waals surface area contributed by atoms with Gasteiger partial charge in [0.05, 0.1) is 11.0 Å². The Morgan fingerprint density at radius 1 is 1.24 bits per heavy atom. The number of nitrogens with two attached hydrogens (primary N) is 1. The number of primary amides is 1. The first-order valence-electron chi connectivity index (χ1n) is 8.29. The van der Waals surface area contributed by atoms with Gasteiger partial charge in [-0.05, 0) is 44.0 Å². The quantitative estimate of drug-likeness (QED) is 0.875. The standard InChI is InChI=1S/C19H22N4O2/c1-19(2,18(20)25)12-22-16-14(7-5-10-21-16)17(24)23-11-9-13-6-3-4-8-15(13)23/h3-8,10H,9,11-12H2,1-2H3,(H2,20,25)(H,21,22). The van der Waals surface area contributed by atoms with E-state index in [9.17, 15) is 9.59 Å². The van der Waals surface area contributed by atoms with E-state index in [1.807, 2.05) is 24.3 Å². The molecule has 6 nitrogen and oxygen atoms in total. The lowest BCUT2D eigenvalue weighted by Crippen LogP contribution is -2.38. The van der Waals surface area contributed by atoms with E-state index < -0.39 is 11.3 Å². The highest BCUT2D eigenvalue weighted by atomic mass is 16.2. The lowest BCUT2D eigenvalue weighted by molar-refractivity contribution is -0.125. The first-order chi connectivity index (χ1) is 11.9. The van der Waals surface area contributed by atoms with E-state index in [0.717, 1.165) is 12.1 Å². The Balaban J connectivity index is 1.84. The van der Waals surface area contributed by atoms with Crippen molar-refractivity contribution >= 4 is 23.3 Å². The van der Waals surface area contributed by atoms with Crippen LogP contribution in [0.5, 0.6) is 0 Å². The molecule has 130 valence electrons. The summed E-state index contributed by atoms with van der Waals surface area (Å²) in [5.74, 6) is -0.0408. The predicted molar refractivity (Wildman–Crippen MR) is 97.5 cm³/mol. The number of fused-ring (bicyclic) bond motifs is 1. The molecule has 6 heteroatoms. The Labute approximate surface area is 147 Å². The summed E-state index contributed by atoms with van der Waals surface area (Å²) in [6.07, 6.45) is 2.47. The fourth-order valence-corrected chi connectivity index (χ4v) is 2.81. The number of pyridine rings is 1. The Morgan fingerprint density at radius 2 is 2.00 bits per heavy atom. The SMILES string of the molecule is CC(C)(CNc1ncccc1C(=O)N1CCc2ccccc21)C(N)=O. The summed E-state index contributed by atoms with van der Waals surface area (Å²) in [6, 6.07) is 11.4. The molecule has 25 heavy (non-hydrogen) atoms. The van der Waals surface area contributed by atoms with Crippen LogP contribution >= 0.6 is 0 Å². The number of benzene rings is 1. The van der Waals surface area contributed by atoms with Gasteiger partial charge in [0, 0.05) is 25.0 Å². The van der Waals surface area contributed by atoms with Crippen molar-refractivity contribution in [1.82, 2.24) is 4.98 Å². The van der Waals surface area contributed by atoms with Crippen LogP contribution in [0, 0.1) is 5.41 Å². The van der Waals surface area contributed by atoms with Crippen molar-refractivity contribution in [2.75, 3.05) is 23.3 Å². The first-order valence-corrected chi connectivity index (χ1v) is 8.29. The van der Waals surface area contributed by atoms with E-state index in [1.54, 1.807) is 37.1 Å². The van der Waals surface area contributed by atoms with Crippen LogP contribution in [0.25, 0.3) is 0 Å². The summed E-state index contributed by atoms with van der Waals surface area (Å²) in [7, 11) is 0. The number of amides is 2. The number of carbonyl (C=O) groups excluding carboxylic acids is 2. The second kappa shape index (κ2) is 6.55. The number of para-hydroxylation sites is 1. The number of rotatable bonds is 5. The van der Waals surface area contributed by atoms with Gasteiger partial charge in [0.25, 0.3) is 5.91 Å². The Bertz CT molecular complexity index is 817. The molecule has 3 rings (SSSR count). The molecular weight excluding hydrogens is 316 g/mol. The van der Waals surface area contributed by atoms with Crippen LogP contribution in [0.4, 0.5) is 11.5 Å². The molecular formula is C19H22N4O2. The highest BCUT2D eigenvalue weighted by Gasteiger charge is 2.29. The van der Waals surface area contributed by atoms with Crippen molar-refractivity contribution < 1.29 is 9.59 Å². The zero-order valence-electron chi connectivity index (χ0n) is 14.5. The van der Waals surface area contributed by atoms with Gasteiger partial charge in [0.2, 0.25) is 5.91 Å². The maximum absolute atomic E-state index is 13.0. The van der Waals surface area contributed by atoms with Crippen LogP contribution in [-0.2, 0) is 11.2 Å². The maximum Gasteiger partial charge on any atom is 0.262 e. The molecule has 0 radical (unpaired) electrons. The van der Waals surface area contributed by atoms with Gasteiger partial charge < -0.3 is 16.0 Å². The van der Waals surface area contributed by atoms with Gasteiger partial charge in [-0.2, -0.15) is 0 Å². The number of aromatic nitrogens is 1. The molecule has 1 aromatic carbocycles. The fourth-order valence-electron chi connectivity index (χ4n) is 2.81. The zero-order chi connectivity index (χ0) is 18.0. The third-order valence-corrected chi connectivity index (χ3v) is 4.54. The second-order valence-corrected chi connectivity index (χ2v) is 6.84. The zero-order valence-corrected chi connectivity index (χ0v) is 14.5. The molecule has 0 unspecified atom stereocenters. The smallest absolute Gasteiger partial charge is 0.262 e. The Hall–Kier alpha value is -2.89. The van der Waals surface area contributed by atoms with Crippen LogP contribution in [-0.4, -0.2) is 29.9 Å². The van der Waals surface area contributed by atoms with Crippen molar-refractivity contribution in [3.63, 3.8) is 0 Å². The van der Waals surface area contributed by atoms with E-state index in [4.69, 9.17) is 5.73 Å². The molecule has 2 heterocycles. The van der Waals surface area contributed by atoms with Crippen LogP contribution in [0.3, 0.4) is 0 Å². The number of nitrogens with one attached hydrogen (secondary N) is 1. The lowest BCUT2D eigenvalue weighted by atomic mass is 9.93. The summed E-state index contributed by atoms with van der Waals surface area (Å²) < 4.78 is 0. The highest BCUT2D eigenvalue weighted by Crippen LogP contribution is 2.30. The Morgan fingerprint density at radius 3 is 2.76 bits per heavy atom. The van der Waals surface area contributed by atoms with Crippen molar-refractivity contribution in [1.29, 1.82) is 0 Å². The number of hydrogen-bond acceptors (Lipinski definition) is 4. The van der Waals surface area contributed by atoms with E-state index in [0.29, 0.717) is 24.5 Å². The number of nitrogens with zero attached hydrogens (tertiary/aromatic N) is 2. The molecule has 0 saturated carbocycles. The maximum atomic E-state index is 13.0. The second-order valence-electron chi connectivity index (χ2n) is 6.84. The van der Waals surface area contributed by atoms with Crippen LogP contribution in [0.15, 0.2) is 42.6 Å². The Kier molecular flexibility index (Phi) is 4.44. The van der Waals surface area contributed by atoms with Gasteiger partial charge in [-0.15, -0.1) is 0 Å². The summed E-state index contributed by atoms with van der Waals surface area (Å²) in [6.45, 7) is 4.46. The van der Waals surface area contributed by atoms with Crippen molar-refractivity contribution in [3.8, 4) is 0 Å². The topological polar surface area (TPSA) is 88.3 Å². The minimum absolute atomic E-state index is 0.0996. The molecule has 2 amide bonds. The molecule has 1 aromatic heterocycles. The predicted octanol–water partition coefficient (Wildman–Crippen LogP) is 2.21. The molecule has 0 atom stereocenters. The van der Waals surface area contributed by atoms with Gasteiger partial charge in [0.1, 0.15) is 5.82 Å². The molecule has 0 fully saturated rings. The third kappa shape index (κ3) is 3.33. The third-order valence-electron chi connectivity index (χ3n) is 4.54. The van der Waals surface area contributed by atoms with Crippen LogP contribution < -0.4 is 16.0 Å². The fraction of sp³-hybridized carbons (Fsp3) is 0.316. The molecule has 0 bridgehead atoms. The largest absolute Gasteiger partial charge is 0.369 e. The molecule has 2 aromatic rings. The summed E-state index contributed by atoms with van der Waals surface area (Å²) >= 11 is 0. The molecule has 3 N–H and O–H groups in total. The minimum atomic E-state index is -0.738. The molecule has 0 saturated heterocycles.